The summed E-state index contributed by atoms with van der Waals surface area (Å²) in [4.78, 5) is 5.42. The molecule has 3 nitrogen and oxygen atoms in total. The number of nitrogens with zero attached hydrogens (tertiary/aromatic N) is 1. The van der Waals surface area contributed by atoms with Crippen LogP contribution in [0.15, 0.2) is 27.8 Å². The maximum atomic E-state index is 14.0. The maximum absolute atomic E-state index is 14.0. The average Bonchev–Trinajstić information content (AvgIpc) is 2.83. The zero-order chi connectivity index (χ0) is 16.5. The average molecular weight is 388 g/mol. The van der Waals surface area contributed by atoms with Crippen LogP contribution in [0.2, 0.25) is 18.1 Å². The summed E-state index contributed by atoms with van der Waals surface area (Å²) in [7, 11) is -1.80. The number of oxime groups is 1. The molecule has 1 aliphatic heterocycles. The quantitative estimate of drug-likeness (QED) is 0.672. The van der Waals surface area contributed by atoms with Crippen LogP contribution in [0.4, 0.5) is 4.39 Å². The van der Waals surface area contributed by atoms with Crippen molar-refractivity contribution in [3.05, 3.63) is 34.1 Å². The van der Waals surface area contributed by atoms with Crippen molar-refractivity contribution in [2.24, 2.45) is 5.16 Å². The Morgan fingerprint density at radius 1 is 1.41 bits per heavy atom. The minimum Gasteiger partial charge on any atom is -0.413 e. The van der Waals surface area contributed by atoms with Gasteiger partial charge in [0.2, 0.25) is 0 Å². The second kappa shape index (κ2) is 6.41. The summed E-state index contributed by atoms with van der Waals surface area (Å²) in [6, 6.07) is 4.97. The molecular weight excluding hydrogens is 365 g/mol. The molecule has 0 radical (unpaired) electrons. The van der Waals surface area contributed by atoms with Gasteiger partial charge >= 0.3 is 0 Å². The number of benzene rings is 1. The molecule has 0 spiro atoms. The van der Waals surface area contributed by atoms with Gasteiger partial charge in [0, 0.05) is 16.5 Å². The highest BCUT2D eigenvalue weighted by atomic mass is 79.9. The van der Waals surface area contributed by atoms with Crippen LogP contribution in [0, 0.1) is 5.82 Å². The lowest BCUT2D eigenvalue weighted by Gasteiger charge is -2.36. The highest BCUT2D eigenvalue weighted by Crippen LogP contribution is 2.37. The zero-order valence-electron chi connectivity index (χ0n) is 13.7. The molecule has 1 aromatic rings. The first-order chi connectivity index (χ1) is 10.1. The van der Waals surface area contributed by atoms with Gasteiger partial charge in [-0.2, -0.15) is 0 Å². The molecule has 0 saturated carbocycles. The Hall–Kier alpha value is -0.723. The summed E-state index contributed by atoms with van der Waals surface area (Å²) in [5.41, 5.74) is 1.15. The van der Waals surface area contributed by atoms with E-state index in [0.29, 0.717) is 28.8 Å². The minimum atomic E-state index is -1.80. The van der Waals surface area contributed by atoms with E-state index in [9.17, 15) is 4.39 Å². The molecule has 0 saturated heterocycles. The monoisotopic (exact) mass is 387 g/mol. The van der Waals surface area contributed by atoms with E-state index < -0.39 is 8.32 Å². The first-order valence-electron chi connectivity index (χ1n) is 7.42. The van der Waals surface area contributed by atoms with E-state index in [1.165, 1.54) is 6.07 Å². The molecule has 22 heavy (non-hydrogen) atoms. The summed E-state index contributed by atoms with van der Waals surface area (Å²) < 4.78 is 20.8. The summed E-state index contributed by atoms with van der Waals surface area (Å²) in [5.74, 6) is -0.289. The van der Waals surface area contributed by atoms with Crippen molar-refractivity contribution in [3.8, 4) is 0 Å². The molecule has 0 aromatic heterocycles. The molecule has 6 heteroatoms. The molecule has 0 N–H and O–H groups in total. The highest BCUT2D eigenvalue weighted by Gasteiger charge is 2.38. The Labute approximate surface area is 141 Å². The third-order valence-electron chi connectivity index (χ3n) is 4.41. The fourth-order valence-corrected chi connectivity index (χ4v) is 3.29. The molecule has 0 fully saturated rings. The van der Waals surface area contributed by atoms with Gasteiger partial charge in [-0.15, -0.1) is 0 Å². The topological polar surface area (TPSA) is 30.8 Å². The van der Waals surface area contributed by atoms with E-state index in [-0.39, 0.29) is 17.0 Å². The zero-order valence-corrected chi connectivity index (χ0v) is 16.3. The SMILES string of the molecule is CC(C)(C)[Si](C)(C)OCC1CC(c2ccc(Br)cc2F)=NO1. The van der Waals surface area contributed by atoms with Crippen LogP contribution in [0.3, 0.4) is 0 Å². The maximum Gasteiger partial charge on any atom is 0.192 e. The summed E-state index contributed by atoms with van der Waals surface area (Å²) in [6.07, 6.45) is 0.444. The predicted molar refractivity (Wildman–Crippen MR) is 93.3 cm³/mol. The van der Waals surface area contributed by atoms with Gasteiger partial charge in [0.05, 0.1) is 12.3 Å². The van der Waals surface area contributed by atoms with Crippen molar-refractivity contribution >= 4 is 30.0 Å². The Kier molecular flexibility index (Phi) is 5.14. The Morgan fingerprint density at radius 3 is 2.68 bits per heavy atom. The molecule has 0 amide bonds. The summed E-state index contributed by atoms with van der Waals surface area (Å²) in [5, 5.41) is 4.20. The van der Waals surface area contributed by atoms with Gasteiger partial charge in [0.1, 0.15) is 5.82 Å². The summed E-state index contributed by atoms with van der Waals surface area (Å²) in [6.45, 7) is 11.5. The van der Waals surface area contributed by atoms with Gasteiger partial charge in [0.25, 0.3) is 0 Å². The molecule has 1 heterocycles. The van der Waals surface area contributed by atoms with Gasteiger partial charge in [-0.3, -0.25) is 0 Å². The predicted octanol–water partition coefficient (Wildman–Crippen LogP) is 5.10. The molecule has 122 valence electrons. The summed E-state index contributed by atoms with van der Waals surface area (Å²) >= 11 is 3.26. The van der Waals surface area contributed by atoms with Gasteiger partial charge in [-0.05, 0) is 36.3 Å². The second-order valence-electron chi connectivity index (χ2n) is 7.17. The van der Waals surface area contributed by atoms with Crippen molar-refractivity contribution < 1.29 is 13.7 Å². The lowest BCUT2D eigenvalue weighted by molar-refractivity contribution is 0.0427. The minimum absolute atomic E-state index is 0.132. The van der Waals surface area contributed by atoms with Crippen molar-refractivity contribution in [1.82, 2.24) is 0 Å². The van der Waals surface area contributed by atoms with Crippen molar-refractivity contribution in [2.45, 2.75) is 51.4 Å². The molecule has 0 aliphatic carbocycles. The van der Waals surface area contributed by atoms with E-state index in [1.807, 2.05) is 0 Å². The van der Waals surface area contributed by atoms with Gasteiger partial charge < -0.3 is 9.26 Å². The largest absolute Gasteiger partial charge is 0.413 e. The molecule has 1 unspecified atom stereocenters. The van der Waals surface area contributed by atoms with Gasteiger partial charge in [0.15, 0.2) is 14.4 Å². The smallest absolute Gasteiger partial charge is 0.192 e. The first kappa shape index (κ1) is 17.6. The second-order valence-corrected chi connectivity index (χ2v) is 12.9. The van der Waals surface area contributed by atoms with E-state index in [1.54, 1.807) is 12.1 Å². The van der Waals surface area contributed by atoms with Crippen LogP contribution in [0.25, 0.3) is 0 Å². The van der Waals surface area contributed by atoms with Crippen LogP contribution >= 0.6 is 15.9 Å². The Balaban J connectivity index is 1.95. The number of rotatable bonds is 4. The third kappa shape index (κ3) is 3.97. The molecule has 2 rings (SSSR count). The number of halogens is 2. The lowest BCUT2D eigenvalue weighted by Crippen LogP contribution is -2.42. The van der Waals surface area contributed by atoms with Crippen molar-refractivity contribution in [1.29, 1.82) is 0 Å². The van der Waals surface area contributed by atoms with E-state index in [0.717, 1.165) is 0 Å². The molecule has 1 aliphatic rings. The highest BCUT2D eigenvalue weighted by molar-refractivity contribution is 9.10. The van der Waals surface area contributed by atoms with Gasteiger partial charge in [-0.25, -0.2) is 4.39 Å². The fraction of sp³-hybridized carbons (Fsp3) is 0.562. The third-order valence-corrected chi connectivity index (χ3v) is 9.41. The van der Waals surface area contributed by atoms with E-state index >= 15 is 0 Å². The van der Waals surface area contributed by atoms with Crippen molar-refractivity contribution in [2.75, 3.05) is 6.61 Å². The Morgan fingerprint density at radius 2 is 2.09 bits per heavy atom. The van der Waals surface area contributed by atoms with Crippen LogP contribution in [0.5, 0.6) is 0 Å². The van der Waals surface area contributed by atoms with Crippen LogP contribution in [0.1, 0.15) is 32.8 Å². The van der Waals surface area contributed by atoms with Crippen LogP contribution < -0.4 is 0 Å². The molecule has 0 bridgehead atoms. The first-order valence-corrected chi connectivity index (χ1v) is 11.1. The molecule has 1 atom stereocenters. The van der Waals surface area contributed by atoms with Gasteiger partial charge in [-0.1, -0.05) is 41.9 Å². The van der Waals surface area contributed by atoms with Crippen LogP contribution in [-0.4, -0.2) is 26.7 Å². The van der Waals surface area contributed by atoms with Crippen LogP contribution in [-0.2, 0) is 9.26 Å². The lowest BCUT2D eigenvalue weighted by atomic mass is 10.1. The number of hydrogen-bond donors (Lipinski definition) is 0. The van der Waals surface area contributed by atoms with Crippen molar-refractivity contribution in [3.63, 3.8) is 0 Å². The van der Waals surface area contributed by atoms with E-state index in [2.05, 4.69) is 55.0 Å². The molecular formula is C16H23BrFNO2Si. The molecule has 1 aromatic carbocycles. The number of hydrogen-bond acceptors (Lipinski definition) is 3. The standard InChI is InChI=1S/C16H23BrFNO2Si/c1-16(2,3)22(4,5)20-10-12-9-15(19-21-12)13-7-6-11(17)8-14(13)18/h6-8,12H,9-10H2,1-5H3. The fourth-order valence-electron chi connectivity index (χ4n) is 1.92. The Bertz CT molecular complexity index is 584. The normalized spacial score (nSPS) is 19.0. The van der Waals surface area contributed by atoms with E-state index in [4.69, 9.17) is 9.26 Å².